The summed E-state index contributed by atoms with van der Waals surface area (Å²) in [6, 6.07) is 0. The summed E-state index contributed by atoms with van der Waals surface area (Å²) in [6.07, 6.45) is 12.0. The quantitative estimate of drug-likeness (QED) is 0.390. The van der Waals surface area contributed by atoms with Crippen LogP contribution in [0.4, 0.5) is 0 Å². The Bertz CT molecular complexity index is 549. The predicted octanol–water partition coefficient (Wildman–Crippen LogP) is 6.76. The average molecular weight is 377 g/mol. The van der Waals surface area contributed by atoms with Crippen molar-refractivity contribution < 1.29 is 14.6 Å². The second-order valence-electron chi connectivity index (χ2n) is 7.54. The number of ether oxygens (including phenoxy) is 1. The summed E-state index contributed by atoms with van der Waals surface area (Å²) in [5.74, 6) is 0.226. The lowest BCUT2D eigenvalue weighted by Gasteiger charge is -2.25. The molecule has 154 valence electrons. The Morgan fingerprint density at radius 2 is 1.04 bits per heavy atom. The molecule has 0 saturated carbocycles. The summed E-state index contributed by atoms with van der Waals surface area (Å²) in [4.78, 5) is 12.4. The van der Waals surface area contributed by atoms with Gasteiger partial charge < -0.3 is 9.84 Å². The summed E-state index contributed by atoms with van der Waals surface area (Å²) in [5, 5.41) is 10.2. The second-order valence-corrected chi connectivity index (χ2v) is 7.54. The van der Waals surface area contributed by atoms with Gasteiger partial charge in [0.25, 0.3) is 0 Å². The molecule has 0 heterocycles. The molecule has 1 aromatic carbocycles. The van der Waals surface area contributed by atoms with Crippen LogP contribution in [0, 0.1) is 0 Å². The van der Waals surface area contributed by atoms with Crippen LogP contribution in [0.3, 0.4) is 0 Å². The van der Waals surface area contributed by atoms with E-state index < -0.39 is 5.97 Å². The highest BCUT2D eigenvalue weighted by Crippen LogP contribution is 2.38. The van der Waals surface area contributed by atoms with Crippen molar-refractivity contribution in [2.75, 3.05) is 7.11 Å². The molecule has 0 bridgehead atoms. The van der Waals surface area contributed by atoms with E-state index in [9.17, 15) is 9.90 Å². The van der Waals surface area contributed by atoms with Crippen LogP contribution in [0.1, 0.15) is 112 Å². The fraction of sp³-hybridized carbons (Fsp3) is 0.708. The molecule has 1 rings (SSSR count). The van der Waals surface area contributed by atoms with Crippen LogP contribution in [-0.4, -0.2) is 18.2 Å². The zero-order valence-corrected chi connectivity index (χ0v) is 18.2. The highest BCUT2D eigenvalue weighted by Gasteiger charge is 2.26. The van der Waals surface area contributed by atoms with Gasteiger partial charge in [-0.25, -0.2) is 4.79 Å². The van der Waals surface area contributed by atoms with Crippen molar-refractivity contribution in [1.29, 1.82) is 0 Å². The summed E-state index contributed by atoms with van der Waals surface area (Å²) in [6.45, 7) is 8.70. The van der Waals surface area contributed by atoms with E-state index in [4.69, 9.17) is 4.74 Å². The smallest absolute Gasteiger partial charge is 0.336 e. The number of carboxylic acid groups (broad SMARTS) is 1. The van der Waals surface area contributed by atoms with E-state index in [2.05, 4.69) is 27.7 Å². The van der Waals surface area contributed by atoms with Crippen molar-refractivity contribution >= 4 is 5.97 Å². The molecule has 27 heavy (non-hydrogen) atoms. The van der Waals surface area contributed by atoms with Gasteiger partial charge in [0, 0.05) is 0 Å². The van der Waals surface area contributed by atoms with Crippen LogP contribution in [0.5, 0.6) is 5.75 Å². The molecule has 0 spiro atoms. The number of benzene rings is 1. The summed E-state index contributed by atoms with van der Waals surface area (Å²) >= 11 is 0. The normalized spacial score (nSPS) is 11.0. The topological polar surface area (TPSA) is 46.5 Å². The predicted molar refractivity (Wildman–Crippen MR) is 114 cm³/mol. The summed E-state index contributed by atoms with van der Waals surface area (Å²) in [7, 11) is 1.76. The van der Waals surface area contributed by atoms with Gasteiger partial charge in [-0.2, -0.15) is 0 Å². The Hall–Kier alpha value is -1.51. The standard InChI is InChI=1S/C24H40O3/c1-6-10-14-18-20(16-12-8-3)23(27-5)21(17-13-9-4)19(15-11-7-2)22(18)24(25)26/h6-17H2,1-5H3,(H,25,26). The molecule has 0 unspecified atom stereocenters. The molecule has 0 atom stereocenters. The Balaban J connectivity index is 3.75. The first-order valence-electron chi connectivity index (χ1n) is 11.0. The van der Waals surface area contributed by atoms with Gasteiger partial charge in [0.15, 0.2) is 0 Å². The molecule has 0 amide bonds. The van der Waals surface area contributed by atoms with Gasteiger partial charge in [-0.3, -0.25) is 0 Å². The van der Waals surface area contributed by atoms with Crippen LogP contribution >= 0.6 is 0 Å². The molecule has 0 aliphatic heterocycles. The van der Waals surface area contributed by atoms with Crippen LogP contribution in [0.25, 0.3) is 0 Å². The number of hydrogen-bond acceptors (Lipinski definition) is 2. The van der Waals surface area contributed by atoms with E-state index >= 15 is 0 Å². The summed E-state index contributed by atoms with van der Waals surface area (Å²) < 4.78 is 5.95. The highest BCUT2D eigenvalue weighted by atomic mass is 16.5. The van der Waals surface area contributed by atoms with Crippen molar-refractivity contribution in [3.63, 3.8) is 0 Å². The zero-order chi connectivity index (χ0) is 20.2. The molecule has 0 fully saturated rings. The third-order valence-corrected chi connectivity index (χ3v) is 5.42. The first-order valence-corrected chi connectivity index (χ1v) is 11.0. The van der Waals surface area contributed by atoms with Crippen LogP contribution in [-0.2, 0) is 25.7 Å². The molecule has 1 N–H and O–H groups in total. The van der Waals surface area contributed by atoms with E-state index in [0.717, 1.165) is 105 Å². The van der Waals surface area contributed by atoms with E-state index in [-0.39, 0.29) is 0 Å². The van der Waals surface area contributed by atoms with Crippen molar-refractivity contribution in [3.8, 4) is 5.75 Å². The maximum absolute atomic E-state index is 12.4. The first-order chi connectivity index (χ1) is 13.1. The number of carbonyl (C=O) groups is 1. The van der Waals surface area contributed by atoms with Gasteiger partial charge in [0.1, 0.15) is 5.75 Å². The lowest BCUT2D eigenvalue weighted by molar-refractivity contribution is 0.0694. The molecular weight excluding hydrogens is 336 g/mol. The number of aromatic carboxylic acids is 1. The monoisotopic (exact) mass is 376 g/mol. The molecule has 1 aromatic rings. The number of unbranched alkanes of at least 4 members (excludes halogenated alkanes) is 4. The maximum Gasteiger partial charge on any atom is 0.336 e. The molecular formula is C24H40O3. The first kappa shape index (κ1) is 23.5. The number of hydrogen-bond donors (Lipinski definition) is 1. The van der Waals surface area contributed by atoms with Crippen molar-refractivity contribution in [2.45, 2.75) is 105 Å². The second kappa shape index (κ2) is 12.8. The van der Waals surface area contributed by atoms with Gasteiger partial charge in [0.2, 0.25) is 0 Å². The van der Waals surface area contributed by atoms with Crippen molar-refractivity contribution in [2.24, 2.45) is 0 Å². The lowest BCUT2D eigenvalue weighted by Crippen LogP contribution is -2.16. The largest absolute Gasteiger partial charge is 0.496 e. The minimum Gasteiger partial charge on any atom is -0.496 e. The van der Waals surface area contributed by atoms with Gasteiger partial charge in [-0.1, -0.05) is 53.4 Å². The third-order valence-electron chi connectivity index (χ3n) is 5.42. The van der Waals surface area contributed by atoms with Crippen LogP contribution in [0.15, 0.2) is 0 Å². The SMILES string of the molecule is CCCCc1c(CCCC)c(C(=O)O)c(CCCC)c(CCCC)c1OC. The Morgan fingerprint density at radius 1 is 0.704 bits per heavy atom. The molecule has 0 radical (unpaired) electrons. The van der Waals surface area contributed by atoms with Crippen LogP contribution in [0.2, 0.25) is 0 Å². The minimum absolute atomic E-state index is 0.593. The Morgan fingerprint density at radius 3 is 1.30 bits per heavy atom. The molecule has 3 heteroatoms. The molecule has 0 saturated heterocycles. The van der Waals surface area contributed by atoms with E-state index in [0.29, 0.717) is 5.56 Å². The minimum atomic E-state index is -0.759. The maximum atomic E-state index is 12.4. The van der Waals surface area contributed by atoms with E-state index in [1.165, 1.54) is 0 Å². The van der Waals surface area contributed by atoms with Crippen LogP contribution < -0.4 is 4.74 Å². The Kier molecular flexibility index (Phi) is 11.2. The Labute approximate surface area is 166 Å². The van der Waals surface area contributed by atoms with Gasteiger partial charge in [0.05, 0.1) is 12.7 Å². The summed E-state index contributed by atoms with van der Waals surface area (Å²) in [5.41, 5.74) is 5.00. The number of rotatable bonds is 14. The van der Waals surface area contributed by atoms with Gasteiger partial charge >= 0.3 is 5.97 Å². The fourth-order valence-corrected chi connectivity index (χ4v) is 3.94. The zero-order valence-electron chi connectivity index (χ0n) is 18.2. The van der Waals surface area contributed by atoms with E-state index in [1.54, 1.807) is 7.11 Å². The number of carboxylic acids is 1. The van der Waals surface area contributed by atoms with E-state index in [1.807, 2.05) is 0 Å². The molecule has 0 aliphatic rings. The number of methoxy groups -OCH3 is 1. The van der Waals surface area contributed by atoms with Crippen molar-refractivity contribution in [3.05, 3.63) is 27.8 Å². The molecule has 0 aromatic heterocycles. The average Bonchev–Trinajstić information content (AvgIpc) is 2.66. The van der Waals surface area contributed by atoms with Crippen molar-refractivity contribution in [1.82, 2.24) is 0 Å². The third kappa shape index (κ3) is 6.26. The fourth-order valence-electron chi connectivity index (χ4n) is 3.94. The molecule has 0 aliphatic carbocycles. The lowest BCUT2D eigenvalue weighted by atomic mass is 9.82. The highest BCUT2D eigenvalue weighted by molar-refractivity contribution is 5.93. The van der Waals surface area contributed by atoms with Gasteiger partial charge in [-0.15, -0.1) is 0 Å². The van der Waals surface area contributed by atoms with Gasteiger partial charge in [-0.05, 0) is 73.6 Å². The molecule has 3 nitrogen and oxygen atoms in total.